The molecule has 1 rings (SSSR count). The van der Waals surface area contributed by atoms with Gasteiger partial charge in [0.2, 0.25) is 0 Å². The van der Waals surface area contributed by atoms with Crippen LogP contribution in [0.3, 0.4) is 0 Å². The maximum absolute atomic E-state index is 5.18. The fourth-order valence-electron chi connectivity index (χ4n) is 1.15. The zero-order valence-electron chi connectivity index (χ0n) is 10.3. The van der Waals surface area contributed by atoms with Crippen LogP contribution in [0.4, 0.5) is 0 Å². The van der Waals surface area contributed by atoms with Crippen molar-refractivity contribution in [3.8, 4) is 5.75 Å². The van der Waals surface area contributed by atoms with Gasteiger partial charge >= 0.3 is 0 Å². The Morgan fingerprint density at radius 1 is 0.933 bits per heavy atom. The van der Waals surface area contributed by atoms with Gasteiger partial charge in [0.15, 0.2) is 0 Å². The van der Waals surface area contributed by atoms with Crippen LogP contribution in [0.15, 0.2) is 12.1 Å². The van der Waals surface area contributed by atoms with E-state index in [9.17, 15) is 0 Å². The quantitative estimate of drug-likeness (QED) is 0.654. The lowest BCUT2D eigenvalue weighted by Gasteiger charge is -2.07. The molecule has 1 aromatic carbocycles. The zero-order chi connectivity index (χ0) is 11.1. The molecule has 0 amide bonds. The van der Waals surface area contributed by atoms with Crippen molar-refractivity contribution < 1.29 is 4.74 Å². The molecule has 0 bridgehead atoms. The maximum Gasteiger partial charge on any atom is 0.122 e. The van der Waals surface area contributed by atoms with Crippen molar-refractivity contribution in [2.75, 3.05) is 7.11 Å². The summed E-state index contributed by atoms with van der Waals surface area (Å²) < 4.78 is 5.18. The normalized spacial score (nSPS) is 8.40. The van der Waals surface area contributed by atoms with Gasteiger partial charge in [-0.3, -0.25) is 0 Å². The largest absolute Gasteiger partial charge is 0.496 e. The Kier molecular flexibility index (Phi) is 9.14. The maximum atomic E-state index is 5.18. The van der Waals surface area contributed by atoms with E-state index >= 15 is 0 Å². The highest BCUT2D eigenvalue weighted by molar-refractivity contribution is 5.40. The smallest absolute Gasteiger partial charge is 0.122 e. The second kappa shape index (κ2) is 8.34. The Balaban J connectivity index is 0. The molecule has 1 aromatic rings. The molecule has 0 radical (unpaired) electrons. The van der Waals surface area contributed by atoms with Gasteiger partial charge in [-0.2, -0.15) is 0 Å². The molecule has 0 aliphatic rings. The molecule has 0 aromatic heterocycles. The molecule has 0 unspecified atom stereocenters. The van der Waals surface area contributed by atoms with E-state index in [2.05, 4.69) is 46.8 Å². The van der Waals surface area contributed by atoms with Gasteiger partial charge in [0.25, 0.3) is 0 Å². The lowest BCUT2D eigenvalue weighted by atomic mass is 10.1. The van der Waals surface area contributed by atoms with E-state index in [4.69, 9.17) is 4.74 Å². The molecule has 0 aliphatic carbocycles. The van der Waals surface area contributed by atoms with Crippen LogP contribution in [0.2, 0.25) is 0 Å². The van der Waals surface area contributed by atoms with Crippen LogP contribution < -0.4 is 4.74 Å². The van der Waals surface area contributed by atoms with Crippen LogP contribution in [0, 0.1) is 20.8 Å². The fourth-order valence-corrected chi connectivity index (χ4v) is 1.15. The summed E-state index contributed by atoms with van der Waals surface area (Å²) in [7, 11) is 1.71. The van der Waals surface area contributed by atoms with Crippen molar-refractivity contribution >= 4 is 0 Å². The molecule has 1 heteroatoms. The number of aryl methyl sites for hydroxylation is 3. The van der Waals surface area contributed by atoms with E-state index in [1.807, 2.05) is 0 Å². The Bertz CT molecular complexity index is 277. The SMILES string of the molecule is C.CCC.COc1cc(C)c(C)cc1C. The van der Waals surface area contributed by atoms with Crippen molar-refractivity contribution in [3.63, 3.8) is 0 Å². The summed E-state index contributed by atoms with van der Waals surface area (Å²) in [4.78, 5) is 0. The van der Waals surface area contributed by atoms with Crippen LogP contribution in [-0.4, -0.2) is 7.11 Å². The minimum atomic E-state index is 0. The van der Waals surface area contributed by atoms with Gasteiger partial charge < -0.3 is 4.74 Å². The zero-order valence-corrected chi connectivity index (χ0v) is 10.3. The molecule has 1 nitrogen and oxygen atoms in total. The summed E-state index contributed by atoms with van der Waals surface area (Å²) >= 11 is 0. The number of methoxy groups -OCH3 is 1. The van der Waals surface area contributed by atoms with E-state index < -0.39 is 0 Å². The number of hydrogen-bond donors (Lipinski definition) is 0. The first-order valence-corrected chi connectivity index (χ1v) is 5.18. The molecule has 15 heavy (non-hydrogen) atoms. The van der Waals surface area contributed by atoms with E-state index in [-0.39, 0.29) is 7.43 Å². The summed E-state index contributed by atoms with van der Waals surface area (Å²) in [6.45, 7) is 10.5. The lowest BCUT2D eigenvalue weighted by molar-refractivity contribution is 0.411. The third kappa shape index (κ3) is 5.46. The first-order chi connectivity index (χ1) is 6.56. The van der Waals surface area contributed by atoms with E-state index in [1.54, 1.807) is 7.11 Å². The van der Waals surface area contributed by atoms with Gasteiger partial charge in [0.05, 0.1) is 7.11 Å². The van der Waals surface area contributed by atoms with Crippen molar-refractivity contribution in [2.45, 2.75) is 48.5 Å². The molecule has 0 saturated heterocycles. The second-order valence-electron chi connectivity index (χ2n) is 3.61. The van der Waals surface area contributed by atoms with Crippen molar-refractivity contribution in [3.05, 3.63) is 28.8 Å². The molecule has 0 spiro atoms. The third-order valence-electron chi connectivity index (χ3n) is 2.01. The standard InChI is InChI=1S/C10H14O.C3H8.CH4/c1-7-5-9(3)10(11-4)6-8(7)2;1-3-2;/h5-6H,1-4H3;3H2,1-2H3;1H4. The van der Waals surface area contributed by atoms with Crippen LogP contribution >= 0.6 is 0 Å². The topological polar surface area (TPSA) is 9.23 Å². The number of ether oxygens (including phenoxy) is 1. The van der Waals surface area contributed by atoms with Gasteiger partial charge in [-0.25, -0.2) is 0 Å². The number of benzene rings is 1. The Hall–Kier alpha value is -0.980. The Morgan fingerprint density at radius 2 is 1.33 bits per heavy atom. The van der Waals surface area contributed by atoms with Gasteiger partial charge in [0.1, 0.15) is 5.75 Å². The van der Waals surface area contributed by atoms with E-state index in [0.29, 0.717) is 0 Å². The minimum Gasteiger partial charge on any atom is -0.496 e. The molecule has 0 saturated carbocycles. The van der Waals surface area contributed by atoms with Crippen LogP contribution in [0.25, 0.3) is 0 Å². The molecule has 0 N–H and O–H groups in total. The van der Waals surface area contributed by atoms with Gasteiger partial charge in [-0.05, 0) is 43.5 Å². The van der Waals surface area contributed by atoms with Gasteiger partial charge in [-0.1, -0.05) is 33.8 Å². The monoisotopic (exact) mass is 210 g/mol. The lowest BCUT2D eigenvalue weighted by Crippen LogP contribution is -1.90. The Morgan fingerprint density at radius 3 is 1.73 bits per heavy atom. The second-order valence-corrected chi connectivity index (χ2v) is 3.61. The molecule has 0 heterocycles. The van der Waals surface area contributed by atoms with Crippen molar-refractivity contribution in [1.29, 1.82) is 0 Å². The molecule has 0 atom stereocenters. The first kappa shape index (κ1) is 16.4. The molecular formula is C14H26O. The van der Waals surface area contributed by atoms with Crippen LogP contribution in [0.1, 0.15) is 44.4 Å². The molecule has 0 fully saturated rings. The highest BCUT2D eigenvalue weighted by Gasteiger charge is 1.99. The summed E-state index contributed by atoms with van der Waals surface area (Å²) in [6, 6.07) is 4.22. The van der Waals surface area contributed by atoms with Crippen molar-refractivity contribution in [1.82, 2.24) is 0 Å². The molecular weight excluding hydrogens is 184 g/mol. The van der Waals surface area contributed by atoms with Crippen LogP contribution in [-0.2, 0) is 0 Å². The predicted octanol–water partition coefficient (Wildman–Crippen LogP) is 4.67. The third-order valence-corrected chi connectivity index (χ3v) is 2.01. The van der Waals surface area contributed by atoms with Gasteiger partial charge in [0, 0.05) is 0 Å². The highest BCUT2D eigenvalue weighted by Crippen LogP contribution is 2.21. The first-order valence-electron chi connectivity index (χ1n) is 5.18. The molecule has 0 aliphatic heterocycles. The summed E-state index contributed by atoms with van der Waals surface area (Å²) in [6.07, 6.45) is 1.25. The predicted molar refractivity (Wildman–Crippen MR) is 69.9 cm³/mol. The average molecular weight is 210 g/mol. The summed E-state index contributed by atoms with van der Waals surface area (Å²) in [5.74, 6) is 0.980. The van der Waals surface area contributed by atoms with Crippen LogP contribution in [0.5, 0.6) is 5.75 Å². The fraction of sp³-hybridized carbons (Fsp3) is 0.571. The average Bonchev–Trinajstić information content (AvgIpc) is 2.12. The minimum absolute atomic E-state index is 0. The van der Waals surface area contributed by atoms with Gasteiger partial charge in [-0.15, -0.1) is 0 Å². The van der Waals surface area contributed by atoms with E-state index in [1.165, 1.54) is 23.1 Å². The number of rotatable bonds is 1. The highest BCUT2D eigenvalue weighted by atomic mass is 16.5. The number of hydrogen-bond acceptors (Lipinski definition) is 1. The summed E-state index contributed by atoms with van der Waals surface area (Å²) in [5.41, 5.74) is 3.81. The summed E-state index contributed by atoms with van der Waals surface area (Å²) in [5, 5.41) is 0. The van der Waals surface area contributed by atoms with E-state index in [0.717, 1.165) is 5.75 Å². The Labute approximate surface area is 95.5 Å². The van der Waals surface area contributed by atoms with Crippen molar-refractivity contribution in [2.24, 2.45) is 0 Å². The molecule has 88 valence electrons.